The lowest BCUT2D eigenvalue weighted by Gasteiger charge is -2.36. The van der Waals surface area contributed by atoms with Crippen molar-refractivity contribution in [2.24, 2.45) is 0 Å². The van der Waals surface area contributed by atoms with Crippen molar-refractivity contribution in [3.05, 3.63) is 58.9 Å². The molecule has 0 aromatic heterocycles. The number of carbonyl (C=O) groups is 1. The summed E-state index contributed by atoms with van der Waals surface area (Å²) in [5.41, 5.74) is 2.78. The molecule has 0 fully saturated rings. The Morgan fingerprint density at radius 3 is 2.50 bits per heavy atom. The molecule has 0 radical (unpaired) electrons. The Morgan fingerprint density at radius 2 is 1.79 bits per heavy atom. The molecule has 0 saturated heterocycles. The molecule has 124 valence electrons. The van der Waals surface area contributed by atoms with Crippen molar-refractivity contribution >= 4 is 5.91 Å². The van der Waals surface area contributed by atoms with Crippen LogP contribution < -0.4 is 9.47 Å². The van der Waals surface area contributed by atoms with E-state index in [1.54, 1.807) is 0 Å². The molecule has 0 aliphatic carbocycles. The average molecular weight is 327 g/mol. The van der Waals surface area contributed by atoms with Crippen LogP contribution >= 0.6 is 0 Å². The van der Waals surface area contributed by atoms with Crippen LogP contribution in [0.3, 0.4) is 0 Å². The lowest BCUT2D eigenvalue weighted by Crippen LogP contribution is -2.39. The Labute approximate surface area is 139 Å². The molecule has 2 aliphatic rings. The monoisotopic (exact) mass is 327 g/mol. The first kappa shape index (κ1) is 15.0. The minimum absolute atomic E-state index is 0.0675. The third-order valence-electron chi connectivity index (χ3n) is 4.70. The predicted molar refractivity (Wildman–Crippen MR) is 87.0 cm³/mol. The van der Waals surface area contributed by atoms with Gasteiger partial charge in [-0.1, -0.05) is 0 Å². The Morgan fingerprint density at radius 1 is 1.12 bits per heavy atom. The molecule has 2 aromatic carbocycles. The van der Waals surface area contributed by atoms with Crippen LogP contribution in [-0.4, -0.2) is 30.6 Å². The molecule has 0 spiro atoms. The van der Waals surface area contributed by atoms with Crippen LogP contribution in [0.25, 0.3) is 0 Å². The van der Waals surface area contributed by atoms with Crippen LogP contribution in [0.2, 0.25) is 0 Å². The Bertz CT molecular complexity index is 788. The molecular formula is C19H18FNO3. The van der Waals surface area contributed by atoms with Crippen molar-refractivity contribution in [2.45, 2.75) is 19.4 Å². The topological polar surface area (TPSA) is 38.8 Å². The minimum atomic E-state index is -0.340. The van der Waals surface area contributed by atoms with E-state index in [1.165, 1.54) is 29.8 Å². The predicted octanol–water partition coefficient (Wildman–Crippen LogP) is 3.36. The molecule has 4 nitrogen and oxygen atoms in total. The molecule has 0 N–H and O–H groups in total. The van der Waals surface area contributed by atoms with Gasteiger partial charge in [0.2, 0.25) is 0 Å². The highest BCUT2D eigenvalue weighted by Crippen LogP contribution is 2.39. The van der Waals surface area contributed by atoms with E-state index in [4.69, 9.17) is 9.47 Å². The second-order valence-electron chi connectivity index (χ2n) is 6.13. The fourth-order valence-corrected chi connectivity index (χ4v) is 3.39. The number of nitrogens with zero attached hydrogens (tertiary/aromatic N) is 1. The van der Waals surface area contributed by atoms with Crippen molar-refractivity contribution in [1.29, 1.82) is 0 Å². The smallest absolute Gasteiger partial charge is 0.254 e. The van der Waals surface area contributed by atoms with Gasteiger partial charge in [0.15, 0.2) is 11.5 Å². The number of carbonyl (C=O) groups excluding carboxylic acids is 1. The number of amides is 1. The minimum Gasteiger partial charge on any atom is -0.486 e. The molecular weight excluding hydrogens is 309 g/mol. The van der Waals surface area contributed by atoms with Gasteiger partial charge in [-0.2, -0.15) is 0 Å². The van der Waals surface area contributed by atoms with Gasteiger partial charge >= 0.3 is 0 Å². The first-order chi connectivity index (χ1) is 11.6. The van der Waals surface area contributed by atoms with E-state index in [-0.39, 0.29) is 17.8 Å². The maximum atomic E-state index is 13.1. The second-order valence-corrected chi connectivity index (χ2v) is 6.13. The summed E-state index contributed by atoms with van der Waals surface area (Å²) in [7, 11) is 0. The van der Waals surface area contributed by atoms with Crippen LogP contribution in [0.5, 0.6) is 11.5 Å². The summed E-state index contributed by atoms with van der Waals surface area (Å²) in [4.78, 5) is 14.6. The Kier molecular flexibility index (Phi) is 3.63. The quantitative estimate of drug-likeness (QED) is 0.806. The second kappa shape index (κ2) is 5.82. The molecule has 0 bridgehead atoms. The number of hydrogen-bond donors (Lipinski definition) is 0. The molecule has 0 saturated carbocycles. The zero-order chi connectivity index (χ0) is 16.7. The Hall–Kier alpha value is -2.56. The number of hydrogen-bond acceptors (Lipinski definition) is 3. The average Bonchev–Trinajstić information content (AvgIpc) is 2.61. The first-order valence-electron chi connectivity index (χ1n) is 8.12. The summed E-state index contributed by atoms with van der Waals surface area (Å²) in [6.07, 6.45) is 0.767. The van der Waals surface area contributed by atoms with E-state index in [0.717, 1.165) is 23.5 Å². The highest BCUT2D eigenvalue weighted by molar-refractivity contribution is 5.94. The van der Waals surface area contributed by atoms with Gasteiger partial charge in [-0.3, -0.25) is 4.79 Å². The zero-order valence-electron chi connectivity index (χ0n) is 13.4. The fourth-order valence-electron chi connectivity index (χ4n) is 3.39. The highest BCUT2D eigenvalue weighted by Gasteiger charge is 2.30. The highest BCUT2D eigenvalue weighted by atomic mass is 19.1. The van der Waals surface area contributed by atoms with Crippen LogP contribution in [-0.2, 0) is 6.42 Å². The van der Waals surface area contributed by atoms with Crippen LogP contribution in [0.1, 0.15) is 34.5 Å². The summed E-state index contributed by atoms with van der Waals surface area (Å²) in [6, 6.07) is 9.64. The van der Waals surface area contributed by atoms with E-state index in [0.29, 0.717) is 25.3 Å². The molecule has 1 atom stereocenters. The van der Waals surface area contributed by atoms with E-state index >= 15 is 0 Å². The SMILES string of the molecule is CC1c2cc3c(cc2CCN1C(=O)c1ccc(F)cc1)OCCO3. The van der Waals surface area contributed by atoms with E-state index in [9.17, 15) is 9.18 Å². The summed E-state index contributed by atoms with van der Waals surface area (Å²) < 4.78 is 24.4. The van der Waals surface area contributed by atoms with Crippen molar-refractivity contribution in [3.63, 3.8) is 0 Å². The molecule has 1 unspecified atom stereocenters. The summed E-state index contributed by atoms with van der Waals surface area (Å²) >= 11 is 0. The van der Waals surface area contributed by atoms with Crippen molar-refractivity contribution < 1.29 is 18.7 Å². The van der Waals surface area contributed by atoms with E-state index in [1.807, 2.05) is 24.0 Å². The third-order valence-corrected chi connectivity index (χ3v) is 4.70. The van der Waals surface area contributed by atoms with Gasteiger partial charge in [-0.25, -0.2) is 4.39 Å². The lowest BCUT2D eigenvalue weighted by molar-refractivity contribution is 0.0676. The molecule has 2 aromatic rings. The van der Waals surface area contributed by atoms with Crippen LogP contribution in [0.4, 0.5) is 4.39 Å². The number of halogens is 1. The van der Waals surface area contributed by atoms with Gasteiger partial charge in [0.25, 0.3) is 5.91 Å². The zero-order valence-corrected chi connectivity index (χ0v) is 13.4. The van der Waals surface area contributed by atoms with Crippen LogP contribution in [0.15, 0.2) is 36.4 Å². The van der Waals surface area contributed by atoms with Gasteiger partial charge in [-0.15, -0.1) is 0 Å². The first-order valence-corrected chi connectivity index (χ1v) is 8.12. The van der Waals surface area contributed by atoms with Gasteiger partial charge in [-0.05, 0) is 60.9 Å². The normalized spacial score (nSPS) is 18.9. The maximum absolute atomic E-state index is 13.1. The molecule has 5 heteroatoms. The van der Waals surface area contributed by atoms with Gasteiger partial charge in [0, 0.05) is 12.1 Å². The molecule has 4 rings (SSSR count). The maximum Gasteiger partial charge on any atom is 0.254 e. The largest absolute Gasteiger partial charge is 0.486 e. The molecule has 2 heterocycles. The molecule has 2 aliphatic heterocycles. The number of rotatable bonds is 1. The fraction of sp³-hybridized carbons (Fsp3) is 0.316. The third kappa shape index (κ3) is 2.50. The molecule has 1 amide bonds. The van der Waals surface area contributed by atoms with Crippen molar-refractivity contribution in [1.82, 2.24) is 4.90 Å². The van der Waals surface area contributed by atoms with Gasteiger partial charge in [0.05, 0.1) is 6.04 Å². The molecule has 24 heavy (non-hydrogen) atoms. The summed E-state index contributed by atoms with van der Waals surface area (Å²) in [6.45, 7) is 3.74. The van der Waals surface area contributed by atoms with E-state index < -0.39 is 0 Å². The van der Waals surface area contributed by atoms with Crippen molar-refractivity contribution in [3.8, 4) is 11.5 Å². The van der Waals surface area contributed by atoms with E-state index in [2.05, 4.69) is 0 Å². The Balaban J connectivity index is 1.64. The number of ether oxygens (including phenoxy) is 2. The van der Waals surface area contributed by atoms with Crippen molar-refractivity contribution in [2.75, 3.05) is 19.8 Å². The van der Waals surface area contributed by atoms with Crippen LogP contribution in [0, 0.1) is 5.82 Å². The summed E-state index contributed by atoms with van der Waals surface area (Å²) in [5.74, 6) is 1.10. The lowest BCUT2D eigenvalue weighted by atomic mass is 9.92. The van der Waals surface area contributed by atoms with Gasteiger partial charge in [0.1, 0.15) is 19.0 Å². The van der Waals surface area contributed by atoms with Gasteiger partial charge < -0.3 is 14.4 Å². The number of fused-ring (bicyclic) bond motifs is 2. The summed E-state index contributed by atoms with van der Waals surface area (Å²) in [5, 5.41) is 0. The standard InChI is InChI=1S/C19H18FNO3/c1-12-16-11-18-17(23-8-9-24-18)10-14(16)6-7-21(12)19(22)13-2-4-15(20)5-3-13/h2-5,10-12H,6-9H2,1H3. The number of benzene rings is 2.